The highest BCUT2D eigenvalue weighted by Crippen LogP contribution is 2.44. The van der Waals surface area contributed by atoms with Gasteiger partial charge in [-0.25, -0.2) is 0 Å². The molecule has 1 fully saturated rings. The molecule has 1 atom stereocenters. The highest BCUT2D eigenvalue weighted by atomic mass is 16.5. The molecule has 0 aliphatic carbocycles. The molecule has 1 N–H and O–H groups in total. The first-order chi connectivity index (χ1) is 12.3. The summed E-state index contributed by atoms with van der Waals surface area (Å²) in [5.41, 5.74) is 4.02. The zero-order valence-corrected chi connectivity index (χ0v) is 16.3. The summed E-state index contributed by atoms with van der Waals surface area (Å²) in [6.07, 6.45) is 2.17. The van der Waals surface area contributed by atoms with Crippen LogP contribution in [0, 0.1) is 13.8 Å². The smallest absolute Gasteiger partial charge is 0.225 e. The minimum absolute atomic E-state index is 0.0672. The highest BCUT2D eigenvalue weighted by molar-refractivity contribution is 5.92. The van der Waals surface area contributed by atoms with E-state index in [9.17, 15) is 4.79 Å². The van der Waals surface area contributed by atoms with Crippen LogP contribution in [-0.4, -0.2) is 18.1 Å². The molecule has 1 aliphatic rings. The Bertz CT molecular complexity index is 779. The molecule has 3 rings (SSSR count). The predicted octanol–water partition coefficient (Wildman–Crippen LogP) is 5.16. The summed E-state index contributed by atoms with van der Waals surface area (Å²) in [7, 11) is 0. The Balaban J connectivity index is 1.87. The second-order valence-corrected chi connectivity index (χ2v) is 8.22. The summed E-state index contributed by atoms with van der Waals surface area (Å²) in [6, 6.07) is 16.5. The Morgan fingerprint density at radius 1 is 1.08 bits per heavy atom. The first-order valence-corrected chi connectivity index (χ1v) is 9.36. The van der Waals surface area contributed by atoms with Crippen LogP contribution < -0.4 is 5.32 Å². The van der Waals surface area contributed by atoms with Crippen LogP contribution in [0.15, 0.2) is 48.5 Å². The van der Waals surface area contributed by atoms with E-state index in [2.05, 4.69) is 50.4 Å². The van der Waals surface area contributed by atoms with E-state index in [1.165, 1.54) is 11.1 Å². The zero-order chi connectivity index (χ0) is 18.8. The van der Waals surface area contributed by atoms with Crippen LogP contribution in [0.5, 0.6) is 0 Å². The number of aryl methyl sites for hydroxylation is 2. The van der Waals surface area contributed by atoms with Crippen molar-refractivity contribution < 1.29 is 9.53 Å². The second kappa shape index (κ2) is 7.24. The van der Waals surface area contributed by atoms with Crippen LogP contribution in [0.4, 0.5) is 5.69 Å². The number of benzene rings is 2. The molecule has 3 nitrogen and oxygen atoms in total. The van der Waals surface area contributed by atoms with Gasteiger partial charge in [0.05, 0.1) is 5.60 Å². The SMILES string of the molecule is Cc1ccc([C@@]2(CC(=O)Nc3ccccc3C)CCOC(C)(C)C2)cc1. The van der Waals surface area contributed by atoms with Gasteiger partial charge in [0.15, 0.2) is 0 Å². The van der Waals surface area contributed by atoms with Crippen molar-refractivity contribution in [2.75, 3.05) is 11.9 Å². The summed E-state index contributed by atoms with van der Waals surface area (Å²) in [6.45, 7) is 9.03. The van der Waals surface area contributed by atoms with Gasteiger partial charge < -0.3 is 10.1 Å². The van der Waals surface area contributed by atoms with E-state index in [0.717, 1.165) is 24.1 Å². The number of carbonyl (C=O) groups excluding carboxylic acids is 1. The molecular formula is C23H29NO2. The van der Waals surface area contributed by atoms with Gasteiger partial charge in [-0.3, -0.25) is 4.79 Å². The molecule has 26 heavy (non-hydrogen) atoms. The maximum Gasteiger partial charge on any atom is 0.225 e. The Morgan fingerprint density at radius 3 is 2.42 bits per heavy atom. The molecule has 1 amide bonds. The van der Waals surface area contributed by atoms with Gasteiger partial charge in [0.2, 0.25) is 5.91 Å². The number of para-hydroxylation sites is 1. The number of carbonyl (C=O) groups is 1. The van der Waals surface area contributed by atoms with Crippen molar-refractivity contribution in [1.82, 2.24) is 0 Å². The fourth-order valence-electron chi connectivity index (χ4n) is 4.10. The minimum atomic E-state index is -0.230. The lowest BCUT2D eigenvalue weighted by molar-refractivity contribution is -0.122. The quantitative estimate of drug-likeness (QED) is 0.826. The Morgan fingerprint density at radius 2 is 1.77 bits per heavy atom. The lowest BCUT2D eigenvalue weighted by Crippen LogP contribution is -2.45. The Kier molecular flexibility index (Phi) is 5.19. The van der Waals surface area contributed by atoms with E-state index in [1.54, 1.807) is 0 Å². The molecule has 1 aliphatic heterocycles. The van der Waals surface area contributed by atoms with Crippen molar-refractivity contribution in [2.24, 2.45) is 0 Å². The molecule has 1 heterocycles. The first kappa shape index (κ1) is 18.7. The number of hydrogen-bond acceptors (Lipinski definition) is 2. The fraction of sp³-hybridized carbons (Fsp3) is 0.435. The van der Waals surface area contributed by atoms with Crippen LogP contribution in [0.1, 0.15) is 49.8 Å². The molecule has 0 unspecified atom stereocenters. The van der Waals surface area contributed by atoms with Crippen molar-refractivity contribution in [1.29, 1.82) is 0 Å². The van der Waals surface area contributed by atoms with E-state index in [-0.39, 0.29) is 16.9 Å². The molecule has 0 radical (unpaired) electrons. The summed E-state index contributed by atoms with van der Waals surface area (Å²) < 4.78 is 5.95. The summed E-state index contributed by atoms with van der Waals surface area (Å²) >= 11 is 0. The maximum absolute atomic E-state index is 12.9. The Hall–Kier alpha value is -2.13. The van der Waals surface area contributed by atoms with Gasteiger partial charge in [0, 0.05) is 24.1 Å². The van der Waals surface area contributed by atoms with E-state index in [0.29, 0.717) is 13.0 Å². The van der Waals surface area contributed by atoms with Crippen LogP contribution in [0.2, 0.25) is 0 Å². The summed E-state index contributed by atoms with van der Waals surface area (Å²) in [5.74, 6) is 0.0672. The number of rotatable bonds is 4. The maximum atomic E-state index is 12.9. The van der Waals surface area contributed by atoms with Crippen LogP contribution >= 0.6 is 0 Å². The number of nitrogens with one attached hydrogen (secondary N) is 1. The van der Waals surface area contributed by atoms with E-state index >= 15 is 0 Å². The average molecular weight is 351 g/mol. The van der Waals surface area contributed by atoms with Crippen molar-refractivity contribution in [2.45, 2.75) is 58.0 Å². The van der Waals surface area contributed by atoms with Crippen LogP contribution in [0.3, 0.4) is 0 Å². The van der Waals surface area contributed by atoms with Gasteiger partial charge in [-0.05, 0) is 57.7 Å². The summed E-state index contributed by atoms with van der Waals surface area (Å²) in [4.78, 5) is 12.9. The van der Waals surface area contributed by atoms with Crippen molar-refractivity contribution in [3.05, 3.63) is 65.2 Å². The molecule has 0 saturated carbocycles. The fourth-order valence-corrected chi connectivity index (χ4v) is 4.10. The predicted molar refractivity (Wildman–Crippen MR) is 107 cm³/mol. The second-order valence-electron chi connectivity index (χ2n) is 8.22. The molecule has 3 heteroatoms. The van der Waals surface area contributed by atoms with Gasteiger partial charge in [-0.15, -0.1) is 0 Å². The highest BCUT2D eigenvalue weighted by Gasteiger charge is 2.43. The molecule has 0 bridgehead atoms. The van der Waals surface area contributed by atoms with E-state index in [1.807, 2.05) is 31.2 Å². The first-order valence-electron chi connectivity index (χ1n) is 9.36. The van der Waals surface area contributed by atoms with E-state index < -0.39 is 0 Å². The van der Waals surface area contributed by atoms with Gasteiger partial charge in [-0.2, -0.15) is 0 Å². The average Bonchev–Trinajstić information content (AvgIpc) is 2.56. The zero-order valence-electron chi connectivity index (χ0n) is 16.3. The largest absolute Gasteiger partial charge is 0.376 e. The van der Waals surface area contributed by atoms with Crippen molar-refractivity contribution in [3.63, 3.8) is 0 Å². The Labute approximate surface area is 156 Å². The standard InChI is InChI=1S/C23H29NO2/c1-17-9-11-19(12-10-17)23(13-14-26-22(3,4)16-23)15-21(25)24-20-8-6-5-7-18(20)2/h5-12H,13-16H2,1-4H3,(H,24,25)/t23-/m1/s1. The molecular weight excluding hydrogens is 322 g/mol. The third kappa shape index (κ3) is 4.16. The minimum Gasteiger partial charge on any atom is -0.376 e. The van der Waals surface area contributed by atoms with Gasteiger partial charge in [0.25, 0.3) is 0 Å². The normalized spacial score (nSPS) is 22.0. The molecule has 0 spiro atoms. The van der Waals surface area contributed by atoms with E-state index in [4.69, 9.17) is 4.74 Å². The number of hydrogen-bond donors (Lipinski definition) is 1. The molecule has 2 aromatic carbocycles. The topological polar surface area (TPSA) is 38.3 Å². The van der Waals surface area contributed by atoms with Gasteiger partial charge in [-0.1, -0.05) is 48.0 Å². The van der Waals surface area contributed by atoms with Gasteiger partial charge >= 0.3 is 0 Å². The number of amides is 1. The van der Waals surface area contributed by atoms with Crippen molar-refractivity contribution >= 4 is 11.6 Å². The third-order valence-corrected chi connectivity index (χ3v) is 5.42. The van der Waals surface area contributed by atoms with Gasteiger partial charge in [0.1, 0.15) is 0 Å². The molecule has 1 saturated heterocycles. The molecule has 0 aromatic heterocycles. The lowest BCUT2D eigenvalue weighted by atomic mass is 9.67. The lowest BCUT2D eigenvalue weighted by Gasteiger charge is -2.45. The monoisotopic (exact) mass is 351 g/mol. The third-order valence-electron chi connectivity index (χ3n) is 5.42. The van der Waals surface area contributed by atoms with Crippen LogP contribution in [-0.2, 0) is 14.9 Å². The number of ether oxygens (including phenoxy) is 1. The molecule has 2 aromatic rings. The van der Waals surface area contributed by atoms with Crippen LogP contribution in [0.25, 0.3) is 0 Å². The summed E-state index contributed by atoms with van der Waals surface area (Å²) in [5, 5.41) is 3.11. The number of anilines is 1. The molecule has 138 valence electrons. The van der Waals surface area contributed by atoms with Crippen molar-refractivity contribution in [3.8, 4) is 0 Å².